The van der Waals surface area contributed by atoms with Crippen LogP contribution in [0.5, 0.6) is 0 Å². The Morgan fingerprint density at radius 3 is 2.15 bits per heavy atom. The van der Waals surface area contributed by atoms with E-state index in [0.717, 1.165) is 11.4 Å². The molecule has 0 saturated carbocycles. The lowest BCUT2D eigenvalue weighted by Crippen LogP contribution is -2.10. The van der Waals surface area contributed by atoms with Gasteiger partial charge in [0, 0.05) is 19.1 Å². The summed E-state index contributed by atoms with van der Waals surface area (Å²) in [7, 11) is 3.87. The molecule has 0 aliphatic rings. The zero-order valence-electron chi connectivity index (χ0n) is 7.45. The average Bonchev–Trinajstić information content (AvgIpc) is 1.94. The first kappa shape index (κ1) is 15.2. The summed E-state index contributed by atoms with van der Waals surface area (Å²) in [6.07, 6.45) is 0. The first-order chi connectivity index (χ1) is 5.11. The topological polar surface area (TPSA) is 29.3 Å². The number of hydrogen-bond donors (Lipinski definition) is 1. The van der Waals surface area contributed by atoms with Crippen LogP contribution in [0.1, 0.15) is 0 Å². The van der Waals surface area contributed by atoms with Crippen molar-refractivity contribution in [3.63, 3.8) is 0 Å². The van der Waals surface area contributed by atoms with Gasteiger partial charge in [-0.25, -0.2) is 0 Å². The summed E-state index contributed by atoms with van der Waals surface area (Å²) < 4.78 is 0. The van der Waals surface area contributed by atoms with Crippen molar-refractivity contribution in [2.24, 2.45) is 0 Å². The van der Waals surface area contributed by atoms with Gasteiger partial charge in [-0.2, -0.15) is 0 Å². The monoisotopic (exact) mass is 242 g/mol. The molecule has 0 unspecified atom stereocenters. The van der Waals surface area contributed by atoms with Crippen LogP contribution in [0.15, 0.2) is 18.2 Å². The number of anilines is 2. The maximum atomic E-state index is 5.78. The van der Waals surface area contributed by atoms with Gasteiger partial charge in [-0.05, 0) is 18.2 Å². The van der Waals surface area contributed by atoms with Gasteiger partial charge in [0.15, 0.2) is 0 Å². The molecule has 0 aliphatic carbocycles. The lowest BCUT2D eigenvalue weighted by molar-refractivity contribution is 1.13. The SMILES string of the molecule is CN(C)c1cc(Cl)ccc1N.Cl.Cl. The van der Waals surface area contributed by atoms with E-state index in [9.17, 15) is 0 Å². The number of nitrogens with zero attached hydrogens (tertiary/aromatic N) is 1. The van der Waals surface area contributed by atoms with Gasteiger partial charge < -0.3 is 10.6 Å². The average molecular weight is 244 g/mol. The van der Waals surface area contributed by atoms with Crippen LogP contribution in [0.2, 0.25) is 5.02 Å². The summed E-state index contributed by atoms with van der Waals surface area (Å²) in [5.74, 6) is 0. The molecule has 2 N–H and O–H groups in total. The molecule has 0 aromatic heterocycles. The normalized spacial score (nSPS) is 8.23. The molecule has 0 heterocycles. The summed E-state index contributed by atoms with van der Waals surface area (Å²) in [5, 5.41) is 0.711. The van der Waals surface area contributed by atoms with Crippen molar-refractivity contribution in [3.05, 3.63) is 23.2 Å². The Morgan fingerprint density at radius 2 is 1.77 bits per heavy atom. The van der Waals surface area contributed by atoms with Crippen LogP contribution in [-0.4, -0.2) is 14.1 Å². The molecule has 1 aromatic rings. The third-order valence-electron chi connectivity index (χ3n) is 1.47. The fraction of sp³-hybridized carbons (Fsp3) is 0.250. The predicted molar refractivity (Wildman–Crippen MR) is 64.7 cm³/mol. The standard InChI is InChI=1S/C8H11ClN2.2ClH/c1-11(2)8-5-6(9)3-4-7(8)10;;/h3-5H,10H2,1-2H3;2*1H. The summed E-state index contributed by atoms with van der Waals surface area (Å²) in [6.45, 7) is 0. The van der Waals surface area contributed by atoms with Gasteiger partial charge in [-0.3, -0.25) is 0 Å². The lowest BCUT2D eigenvalue weighted by Gasteiger charge is -2.14. The first-order valence-corrected chi connectivity index (χ1v) is 3.71. The molecule has 2 nitrogen and oxygen atoms in total. The molecule has 0 spiro atoms. The van der Waals surface area contributed by atoms with Crippen LogP contribution in [0, 0.1) is 0 Å². The van der Waals surface area contributed by atoms with Gasteiger partial charge >= 0.3 is 0 Å². The fourth-order valence-corrected chi connectivity index (χ4v) is 1.07. The van der Waals surface area contributed by atoms with Crippen LogP contribution in [-0.2, 0) is 0 Å². The van der Waals surface area contributed by atoms with Crippen LogP contribution in [0.25, 0.3) is 0 Å². The maximum absolute atomic E-state index is 5.78. The van der Waals surface area contributed by atoms with Gasteiger partial charge in [0.2, 0.25) is 0 Å². The Morgan fingerprint density at radius 1 is 1.23 bits per heavy atom. The molecule has 0 radical (unpaired) electrons. The number of hydrogen-bond acceptors (Lipinski definition) is 2. The lowest BCUT2D eigenvalue weighted by atomic mass is 10.2. The highest BCUT2D eigenvalue weighted by Gasteiger charge is 2.00. The molecular formula is C8H13Cl3N2. The van der Waals surface area contributed by atoms with Gasteiger partial charge in [0.05, 0.1) is 11.4 Å². The molecule has 76 valence electrons. The third-order valence-corrected chi connectivity index (χ3v) is 1.71. The zero-order valence-corrected chi connectivity index (χ0v) is 9.84. The molecule has 0 amide bonds. The molecular weight excluding hydrogens is 230 g/mol. The van der Waals surface area contributed by atoms with Crippen LogP contribution < -0.4 is 10.6 Å². The van der Waals surface area contributed by atoms with Crippen LogP contribution in [0.3, 0.4) is 0 Å². The number of benzene rings is 1. The van der Waals surface area contributed by atoms with E-state index >= 15 is 0 Å². The van der Waals surface area contributed by atoms with Gasteiger partial charge in [0.25, 0.3) is 0 Å². The fourth-order valence-electron chi connectivity index (χ4n) is 0.904. The van der Waals surface area contributed by atoms with Crippen molar-refractivity contribution in [3.8, 4) is 0 Å². The van der Waals surface area contributed by atoms with Crippen molar-refractivity contribution in [1.29, 1.82) is 0 Å². The van der Waals surface area contributed by atoms with Crippen molar-refractivity contribution in [2.45, 2.75) is 0 Å². The van der Waals surface area contributed by atoms with Crippen LogP contribution >= 0.6 is 36.4 Å². The summed E-state index contributed by atoms with van der Waals surface area (Å²) in [5.41, 5.74) is 7.40. The number of nitrogens with two attached hydrogens (primary N) is 1. The predicted octanol–water partition coefficient (Wildman–Crippen LogP) is 2.83. The summed E-state index contributed by atoms with van der Waals surface area (Å²) in [4.78, 5) is 1.93. The Hall–Kier alpha value is -0.310. The molecule has 0 aliphatic heterocycles. The molecule has 0 saturated heterocycles. The zero-order chi connectivity index (χ0) is 8.43. The molecule has 1 aromatic carbocycles. The second-order valence-electron chi connectivity index (χ2n) is 2.60. The van der Waals surface area contributed by atoms with E-state index in [4.69, 9.17) is 17.3 Å². The van der Waals surface area contributed by atoms with E-state index in [0.29, 0.717) is 5.02 Å². The van der Waals surface area contributed by atoms with Gasteiger partial charge in [0.1, 0.15) is 0 Å². The van der Waals surface area contributed by atoms with Crippen LogP contribution in [0.4, 0.5) is 11.4 Å². The first-order valence-electron chi connectivity index (χ1n) is 3.33. The highest BCUT2D eigenvalue weighted by Crippen LogP contribution is 2.24. The Kier molecular flexibility index (Phi) is 7.23. The van der Waals surface area contributed by atoms with Crippen molar-refractivity contribution in [2.75, 3.05) is 24.7 Å². The van der Waals surface area contributed by atoms with E-state index in [2.05, 4.69) is 0 Å². The molecule has 0 fully saturated rings. The third kappa shape index (κ3) is 3.94. The van der Waals surface area contributed by atoms with Gasteiger partial charge in [-0.1, -0.05) is 11.6 Å². The number of nitrogen functional groups attached to an aromatic ring is 1. The van der Waals surface area contributed by atoms with E-state index < -0.39 is 0 Å². The molecule has 1 rings (SSSR count). The Balaban J connectivity index is 0. The van der Waals surface area contributed by atoms with E-state index in [1.165, 1.54) is 0 Å². The minimum Gasteiger partial charge on any atom is -0.397 e. The summed E-state index contributed by atoms with van der Waals surface area (Å²) >= 11 is 5.78. The molecule has 5 heteroatoms. The van der Waals surface area contributed by atoms with E-state index in [1.54, 1.807) is 12.1 Å². The quantitative estimate of drug-likeness (QED) is 0.769. The van der Waals surface area contributed by atoms with Crippen molar-refractivity contribution in [1.82, 2.24) is 0 Å². The largest absolute Gasteiger partial charge is 0.397 e. The number of halogens is 3. The maximum Gasteiger partial charge on any atom is 0.0609 e. The highest BCUT2D eigenvalue weighted by atomic mass is 35.5. The summed E-state index contributed by atoms with van der Waals surface area (Å²) in [6, 6.07) is 5.43. The Bertz CT molecular complexity index is 264. The van der Waals surface area contributed by atoms with E-state index in [-0.39, 0.29) is 24.8 Å². The molecule has 0 atom stereocenters. The second-order valence-corrected chi connectivity index (χ2v) is 3.03. The second kappa shape index (κ2) is 6.19. The number of rotatable bonds is 1. The van der Waals surface area contributed by atoms with Crippen molar-refractivity contribution < 1.29 is 0 Å². The smallest absolute Gasteiger partial charge is 0.0609 e. The highest BCUT2D eigenvalue weighted by molar-refractivity contribution is 6.31. The van der Waals surface area contributed by atoms with Crippen molar-refractivity contribution >= 4 is 47.8 Å². The Labute approximate surface area is 95.9 Å². The molecule has 0 bridgehead atoms. The molecule has 13 heavy (non-hydrogen) atoms. The van der Waals surface area contributed by atoms with Gasteiger partial charge in [-0.15, -0.1) is 24.8 Å². The minimum absolute atomic E-state index is 0. The minimum atomic E-state index is 0. The van der Waals surface area contributed by atoms with E-state index in [1.807, 2.05) is 25.1 Å².